The Balaban J connectivity index is 4.26. The summed E-state index contributed by atoms with van der Waals surface area (Å²) in [6.07, 6.45) is 66.7. The fourth-order valence-electron chi connectivity index (χ4n) is 8.32. The summed E-state index contributed by atoms with van der Waals surface area (Å²) < 4.78 is 16.9. The van der Waals surface area contributed by atoms with E-state index in [0.29, 0.717) is 19.3 Å². The zero-order valence-corrected chi connectivity index (χ0v) is 44.0. The summed E-state index contributed by atoms with van der Waals surface area (Å²) in [6, 6.07) is 0. The monoisotopic (exact) mass is 925 g/mol. The van der Waals surface area contributed by atoms with Crippen LogP contribution >= 0.6 is 0 Å². The molecule has 66 heavy (non-hydrogen) atoms. The number of rotatable bonds is 52. The Morgan fingerprint density at radius 2 is 0.591 bits per heavy atom. The zero-order chi connectivity index (χ0) is 47.9. The lowest BCUT2D eigenvalue weighted by Gasteiger charge is -2.18. The molecule has 1 atom stereocenters. The second-order valence-corrected chi connectivity index (χ2v) is 19.2. The smallest absolute Gasteiger partial charge is 0.306 e. The minimum atomic E-state index is -0.769. The molecule has 0 aliphatic carbocycles. The number of unbranched alkanes of at least 4 members (excludes halogenated alkanes) is 33. The van der Waals surface area contributed by atoms with Gasteiger partial charge in [0.05, 0.1) is 0 Å². The van der Waals surface area contributed by atoms with Gasteiger partial charge in [-0.3, -0.25) is 14.4 Å². The fraction of sp³-hybridized carbons (Fsp3) is 0.817. The molecular formula is C60H108O6. The first-order valence-electron chi connectivity index (χ1n) is 28.6. The van der Waals surface area contributed by atoms with Crippen LogP contribution in [0.4, 0.5) is 0 Å². The van der Waals surface area contributed by atoms with Crippen LogP contribution in [0, 0.1) is 0 Å². The van der Waals surface area contributed by atoms with E-state index in [0.717, 1.165) is 83.5 Å². The van der Waals surface area contributed by atoms with Crippen molar-refractivity contribution in [3.8, 4) is 0 Å². The van der Waals surface area contributed by atoms with Crippen molar-refractivity contribution in [3.05, 3.63) is 48.6 Å². The van der Waals surface area contributed by atoms with Gasteiger partial charge in [-0.2, -0.15) is 0 Å². The maximum absolute atomic E-state index is 12.8. The van der Waals surface area contributed by atoms with Crippen molar-refractivity contribution < 1.29 is 28.6 Å². The summed E-state index contributed by atoms with van der Waals surface area (Å²) in [5.41, 5.74) is 0. The normalized spacial score (nSPS) is 12.3. The number of esters is 3. The molecule has 1 unspecified atom stereocenters. The van der Waals surface area contributed by atoms with Crippen LogP contribution in [0.25, 0.3) is 0 Å². The van der Waals surface area contributed by atoms with E-state index in [1.165, 1.54) is 173 Å². The summed E-state index contributed by atoms with van der Waals surface area (Å²) in [6.45, 7) is 6.55. The summed E-state index contributed by atoms with van der Waals surface area (Å²) in [4.78, 5) is 38.1. The molecule has 0 saturated carbocycles. The molecule has 384 valence electrons. The highest BCUT2D eigenvalue weighted by Crippen LogP contribution is 2.16. The molecule has 0 heterocycles. The van der Waals surface area contributed by atoms with Crippen LogP contribution in [0.5, 0.6) is 0 Å². The van der Waals surface area contributed by atoms with Crippen molar-refractivity contribution >= 4 is 17.9 Å². The van der Waals surface area contributed by atoms with Gasteiger partial charge < -0.3 is 14.2 Å². The summed E-state index contributed by atoms with van der Waals surface area (Å²) in [7, 11) is 0. The van der Waals surface area contributed by atoms with Gasteiger partial charge in [-0.05, 0) is 57.8 Å². The fourth-order valence-corrected chi connectivity index (χ4v) is 8.32. The van der Waals surface area contributed by atoms with E-state index in [1.807, 2.05) is 0 Å². The minimum absolute atomic E-state index is 0.0694. The molecule has 6 heteroatoms. The number of ether oxygens (including phenoxy) is 3. The van der Waals surface area contributed by atoms with Gasteiger partial charge in [0.2, 0.25) is 0 Å². The Kier molecular flexibility index (Phi) is 52.8. The second-order valence-electron chi connectivity index (χ2n) is 19.2. The van der Waals surface area contributed by atoms with E-state index < -0.39 is 6.10 Å². The number of allylic oxidation sites excluding steroid dienone is 8. The van der Waals surface area contributed by atoms with E-state index in [-0.39, 0.29) is 31.1 Å². The van der Waals surface area contributed by atoms with E-state index >= 15 is 0 Å². The molecule has 6 nitrogen and oxygen atoms in total. The van der Waals surface area contributed by atoms with Crippen molar-refractivity contribution in [2.75, 3.05) is 13.2 Å². The van der Waals surface area contributed by atoms with Gasteiger partial charge in [0, 0.05) is 19.3 Å². The van der Waals surface area contributed by atoms with Crippen LogP contribution in [0.2, 0.25) is 0 Å². The molecule has 0 radical (unpaired) electrons. The minimum Gasteiger partial charge on any atom is -0.462 e. The molecule has 0 fully saturated rings. The van der Waals surface area contributed by atoms with Crippen LogP contribution in [0.15, 0.2) is 48.6 Å². The quantitative estimate of drug-likeness (QED) is 0.0262. The van der Waals surface area contributed by atoms with Gasteiger partial charge in [0.25, 0.3) is 0 Å². The zero-order valence-electron chi connectivity index (χ0n) is 44.0. The van der Waals surface area contributed by atoms with E-state index in [1.54, 1.807) is 0 Å². The Morgan fingerprint density at radius 3 is 0.924 bits per heavy atom. The van der Waals surface area contributed by atoms with Gasteiger partial charge in [-0.15, -0.1) is 0 Å². The van der Waals surface area contributed by atoms with E-state index in [4.69, 9.17) is 14.2 Å². The number of carbonyl (C=O) groups excluding carboxylic acids is 3. The van der Waals surface area contributed by atoms with Gasteiger partial charge in [-0.1, -0.05) is 268 Å². The Morgan fingerprint density at radius 1 is 0.318 bits per heavy atom. The molecule has 0 N–H and O–H groups in total. The molecule has 0 bridgehead atoms. The Hall–Kier alpha value is -2.63. The van der Waals surface area contributed by atoms with Crippen LogP contribution < -0.4 is 0 Å². The molecule has 0 aromatic rings. The van der Waals surface area contributed by atoms with Gasteiger partial charge >= 0.3 is 17.9 Å². The highest BCUT2D eigenvalue weighted by Gasteiger charge is 2.19. The largest absolute Gasteiger partial charge is 0.462 e. The summed E-state index contributed by atoms with van der Waals surface area (Å²) >= 11 is 0. The van der Waals surface area contributed by atoms with Crippen molar-refractivity contribution in [2.24, 2.45) is 0 Å². The first-order valence-corrected chi connectivity index (χ1v) is 28.6. The summed E-state index contributed by atoms with van der Waals surface area (Å²) in [5, 5.41) is 0. The Bertz CT molecular complexity index is 1150. The van der Waals surface area contributed by atoms with Gasteiger partial charge in [-0.25, -0.2) is 0 Å². The second kappa shape index (κ2) is 55.0. The highest BCUT2D eigenvalue weighted by molar-refractivity contribution is 5.71. The topological polar surface area (TPSA) is 78.9 Å². The molecule has 0 aliphatic rings. The van der Waals surface area contributed by atoms with Crippen LogP contribution in [0.1, 0.15) is 297 Å². The average Bonchev–Trinajstić information content (AvgIpc) is 3.31. The van der Waals surface area contributed by atoms with Crippen molar-refractivity contribution in [1.29, 1.82) is 0 Å². The highest BCUT2D eigenvalue weighted by atomic mass is 16.6. The number of hydrogen-bond donors (Lipinski definition) is 0. The van der Waals surface area contributed by atoms with E-state index in [2.05, 4.69) is 69.4 Å². The summed E-state index contributed by atoms with van der Waals surface area (Å²) in [5.74, 6) is -0.859. The SMILES string of the molecule is CC/C=C\C/C=C\C/C=C\C/C=C\CCCCCCCCCCCCC(=O)OCC(COC(=O)CCCCCCCCCCCCCC)OC(=O)CCCCCCCCCCCCCCC. The molecular weight excluding hydrogens is 817 g/mol. The van der Waals surface area contributed by atoms with Crippen molar-refractivity contribution in [3.63, 3.8) is 0 Å². The first kappa shape index (κ1) is 63.4. The molecule has 0 aliphatic heterocycles. The first-order chi connectivity index (χ1) is 32.5. The van der Waals surface area contributed by atoms with Gasteiger partial charge in [0.1, 0.15) is 13.2 Å². The lowest BCUT2D eigenvalue weighted by Crippen LogP contribution is -2.30. The van der Waals surface area contributed by atoms with Crippen LogP contribution in [-0.4, -0.2) is 37.2 Å². The van der Waals surface area contributed by atoms with Crippen LogP contribution in [0.3, 0.4) is 0 Å². The van der Waals surface area contributed by atoms with Crippen molar-refractivity contribution in [2.45, 2.75) is 303 Å². The standard InChI is InChI=1S/C60H108O6/c1-4-7-10-13-16-19-22-25-26-27-28-29-30-31-32-33-34-36-38-41-44-47-50-53-59(62)65-56-57(55-64-58(61)52-49-46-43-40-37-24-21-18-15-12-9-6-3)66-60(63)54-51-48-45-42-39-35-23-20-17-14-11-8-5-2/h7,10,16,19,25-26,28-29,57H,4-6,8-9,11-15,17-18,20-24,27,30-56H2,1-3H3/b10-7-,19-16-,26-25-,29-28-. The third kappa shape index (κ3) is 52.3. The molecule has 0 aromatic heterocycles. The molecule has 0 amide bonds. The third-order valence-electron chi connectivity index (χ3n) is 12.6. The Labute approximate surface area is 409 Å². The predicted octanol–water partition coefficient (Wildman–Crippen LogP) is 19.0. The maximum atomic E-state index is 12.8. The predicted molar refractivity (Wildman–Crippen MR) is 284 cm³/mol. The van der Waals surface area contributed by atoms with Gasteiger partial charge in [0.15, 0.2) is 6.10 Å². The number of hydrogen-bond acceptors (Lipinski definition) is 6. The van der Waals surface area contributed by atoms with Crippen molar-refractivity contribution in [1.82, 2.24) is 0 Å². The number of carbonyl (C=O) groups is 3. The molecule has 0 rings (SSSR count). The maximum Gasteiger partial charge on any atom is 0.306 e. The molecule has 0 saturated heterocycles. The average molecular weight is 926 g/mol. The van der Waals surface area contributed by atoms with Crippen LogP contribution in [-0.2, 0) is 28.6 Å². The third-order valence-corrected chi connectivity index (χ3v) is 12.6. The lowest BCUT2D eigenvalue weighted by atomic mass is 10.0. The van der Waals surface area contributed by atoms with E-state index in [9.17, 15) is 14.4 Å². The molecule has 0 aromatic carbocycles. The molecule has 0 spiro atoms. The lowest BCUT2D eigenvalue weighted by molar-refractivity contribution is -0.167.